The number of rotatable bonds is 6. The zero-order valence-electron chi connectivity index (χ0n) is 14.1. The number of halogens is 1. The minimum absolute atomic E-state index is 0.0290. The van der Waals surface area contributed by atoms with Crippen molar-refractivity contribution in [1.82, 2.24) is 0 Å². The number of thioether (sulfide) groups is 1. The third-order valence-corrected chi connectivity index (χ3v) is 6.36. The summed E-state index contributed by atoms with van der Waals surface area (Å²) in [6, 6.07) is 9.33. The molecule has 0 spiro atoms. The first-order valence-corrected chi connectivity index (χ1v) is 10.5. The smallest absolute Gasteiger partial charge is 0.234 e. The largest absolute Gasteiger partial charge is 0.335 e. The van der Waals surface area contributed by atoms with Crippen molar-refractivity contribution in [2.45, 2.75) is 32.1 Å². The summed E-state index contributed by atoms with van der Waals surface area (Å²) >= 11 is 9.20. The molecule has 3 rings (SSSR count). The van der Waals surface area contributed by atoms with E-state index in [0.29, 0.717) is 10.8 Å². The van der Waals surface area contributed by atoms with Crippen LogP contribution in [0, 0.1) is 0 Å². The highest BCUT2D eigenvalue weighted by atomic mass is 35.5. The molecular weight excluding hydrogens is 374 g/mol. The van der Waals surface area contributed by atoms with Crippen molar-refractivity contribution >= 4 is 57.1 Å². The molecular formula is C18H20ClN3OS2. The van der Waals surface area contributed by atoms with Gasteiger partial charge in [-0.05, 0) is 36.8 Å². The SMILES string of the molecule is CCC1=NC(SCC(=O)Nc2ccc(Cl)cc2)c2cc(CC)sc2N1. The van der Waals surface area contributed by atoms with Crippen LogP contribution >= 0.6 is 34.7 Å². The number of hydrogen-bond acceptors (Lipinski definition) is 5. The third kappa shape index (κ3) is 4.57. The topological polar surface area (TPSA) is 53.5 Å². The van der Waals surface area contributed by atoms with Gasteiger partial charge in [0.25, 0.3) is 0 Å². The van der Waals surface area contributed by atoms with E-state index in [0.717, 1.165) is 24.4 Å². The number of carbonyl (C=O) groups excluding carboxylic acids is 1. The summed E-state index contributed by atoms with van der Waals surface area (Å²) in [6.45, 7) is 4.24. The Balaban J connectivity index is 1.65. The molecule has 0 saturated carbocycles. The molecule has 0 saturated heterocycles. The maximum atomic E-state index is 12.2. The summed E-state index contributed by atoms with van der Waals surface area (Å²) in [6.07, 6.45) is 1.86. The number of nitrogens with zero attached hydrogens (tertiary/aromatic N) is 1. The van der Waals surface area contributed by atoms with Crippen LogP contribution in [0.4, 0.5) is 10.7 Å². The number of aryl methyl sites for hydroxylation is 1. The summed E-state index contributed by atoms with van der Waals surface area (Å²) in [5.74, 6) is 1.30. The van der Waals surface area contributed by atoms with Gasteiger partial charge >= 0.3 is 0 Å². The lowest BCUT2D eigenvalue weighted by Gasteiger charge is -2.21. The molecule has 132 valence electrons. The van der Waals surface area contributed by atoms with Crippen molar-refractivity contribution in [3.05, 3.63) is 45.8 Å². The number of hydrogen-bond donors (Lipinski definition) is 2. The molecule has 25 heavy (non-hydrogen) atoms. The standard InChI is InChI=1S/C18H20ClN3OS2/c1-3-13-9-14-17(21-15(4-2)22-18(14)25-13)24-10-16(23)20-12-7-5-11(19)6-8-12/h5-9,17H,3-4,10H2,1-2H3,(H,20,23)(H,21,22). The van der Waals surface area contributed by atoms with Crippen molar-refractivity contribution in [2.24, 2.45) is 4.99 Å². The first-order valence-electron chi connectivity index (χ1n) is 8.22. The zero-order chi connectivity index (χ0) is 17.8. The summed E-state index contributed by atoms with van der Waals surface area (Å²) in [5, 5.41) is 8.09. The summed E-state index contributed by atoms with van der Waals surface area (Å²) in [5.41, 5.74) is 1.94. The Labute approximate surface area is 161 Å². The number of fused-ring (bicyclic) bond motifs is 1. The van der Waals surface area contributed by atoms with Gasteiger partial charge in [0.05, 0.1) is 5.75 Å². The normalized spacial score (nSPS) is 16.0. The van der Waals surface area contributed by atoms with Crippen LogP contribution in [-0.4, -0.2) is 17.5 Å². The van der Waals surface area contributed by atoms with Gasteiger partial charge < -0.3 is 10.6 Å². The quantitative estimate of drug-likeness (QED) is 0.674. The van der Waals surface area contributed by atoms with Gasteiger partial charge in [-0.25, -0.2) is 0 Å². The number of anilines is 2. The summed E-state index contributed by atoms with van der Waals surface area (Å²) in [4.78, 5) is 18.3. The minimum atomic E-state index is -0.0356. The van der Waals surface area contributed by atoms with Crippen molar-refractivity contribution < 1.29 is 4.79 Å². The Morgan fingerprint density at radius 1 is 1.32 bits per heavy atom. The molecule has 0 aliphatic carbocycles. The Hall–Kier alpha value is -1.50. The van der Waals surface area contributed by atoms with Crippen LogP contribution in [0.3, 0.4) is 0 Å². The zero-order valence-corrected chi connectivity index (χ0v) is 16.5. The van der Waals surface area contributed by atoms with E-state index in [1.54, 1.807) is 47.4 Å². The predicted octanol–water partition coefficient (Wildman–Crippen LogP) is 5.57. The molecule has 7 heteroatoms. The number of aliphatic imine (C=N–C) groups is 1. The van der Waals surface area contributed by atoms with Gasteiger partial charge in [-0.2, -0.15) is 0 Å². The lowest BCUT2D eigenvalue weighted by Crippen LogP contribution is -2.19. The van der Waals surface area contributed by atoms with Gasteiger partial charge in [0.2, 0.25) is 5.91 Å². The molecule has 1 unspecified atom stereocenters. The maximum Gasteiger partial charge on any atom is 0.234 e. The molecule has 0 radical (unpaired) electrons. The first-order chi connectivity index (χ1) is 12.1. The van der Waals surface area contributed by atoms with Crippen LogP contribution in [-0.2, 0) is 11.2 Å². The number of amidine groups is 1. The van der Waals surface area contributed by atoms with E-state index in [2.05, 4.69) is 30.5 Å². The van der Waals surface area contributed by atoms with Gasteiger partial charge in [0.15, 0.2) is 0 Å². The number of nitrogens with one attached hydrogen (secondary N) is 2. The molecule has 0 bridgehead atoms. The van der Waals surface area contributed by atoms with Crippen molar-refractivity contribution in [1.29, 1.82) is 0 Å². The van der Waals surface area contributed by atoms with E-state index in [-0.39, 0.29) is 11.3 Å². The molecule has 0 fully saturated rings. The summed E-state index contributed by atoms with van der Waals surface area (Å²) < 4.78 is 0. The second kappa shape index (κ2) is 8.25. The molecule has 2 N–H and O–H groups in total. The fourth-order valence-corrected chi connectivity index (χ4v) is 4.68. The van der Waals surface area contributed by atoms with Gasteiger partial charge in [0.1, 0.15) is 16.2 Å². The van der Waals surface area contributed by atoms with Gasteiger partial charge in [0, 0.05) is 27.6 Å². The van der Waals surface area contributed by atoms with E-state index in [1.807, 2.05) is 0 Å². The highest BCUT2D eigenvalue weighted by molar-refractivity contribution is 8.00. The number of carbonyl (C=O) groups is 1. The van der Waals surface area contributed by atoms with Crippen LogP contribution in [0.2, 0.25) is 5.02 Å². The molecule has 1 aromatic heterocycles. The van der Waals surface area contributed by atoms with E-state index in [9.17, 15) is 4.79 Å². The molecule has 2 aromatic rings. The van der Waals surface area contributed by atoms with Crippen molar-refractivity contribution in [3.8, 4) is 0 Å². The lowest BCUT2D eigenvalue weighted by atomic mass is 10.2. The lowest BCUT2D eigenvalue weighted by molar-refractivity contribution is -0.113. The molecule has 1 aromatic carbocycles. The molecule has 1 atom stereocenters. The molecule has 2 heterocycles. The molecule has 1 aliphatic heterocycles. The number of amides is 1. The summed E-state index contributed by atoms with van der Waals surface area (Å²) in [7, 11) is 0. The average molecular weight is 394 g/mol. The van der Waals surface area contributed by atoms with Crippen LogP contribution < -0.4 is 10.6 Å². The Morgan fingerprint density at radius 3 is 2.76 bits per heavy atom. The Morgan fingerprint density at radius 2 is 2.08 bits per heavy atom. The number of thiophene rings is 1. The molecule has 4 nitrogen and oxygen atoms in total. The van der Waals surface area contributed by atoms with E-state index >= 15 is 0 Å². The second-order valence-electron chi connectivity index (χ2n) is 5.62. The van der Waals surface area contributed by atoms with Crippen LogP contribution in [0.15, 0.2) is 35.3 Å². The van der Waals surface area contributed by atoms with Gasteiger partial charge in [-0.3, -0.25) is 9.79 Å². The van der Waals surface area contributed by atoms with Crippen LogP contribution in [0.25, 0.3) is 0 Å². The van der Waals surface area contributed by atoms with E-state index in [1.165, 1.54) is 15.4 Å². The Kier molecular flexibility index (Phi) is 6.04. The van der Waals surface area contributed by atoms with E-state index in [4.69, 9.17) is 16.6 Å². The van der Waals surface area contributed by atoms with Gasteiger partial charge in [-0.15, -0.1) is 23.1 Å². The fourth-order valence-electron chi connectivity index (χ4n) is 2.48. The monoisotopic (exact) mass is 393 g/mol. The Bertz CT molecular complexity index is 786. The molecule has 1 amide bonds. The highest BCUT2D eigenvalue weighted by Gasteiger charge is 2.24. The van der Waals surface area contributed by atoms with Crippen LogP contribution in [0.1, 0.15) is 36.1 Å². The van der Waals surface area contributed by atoms with Crippen LogP contribution in [0.5, 0.6) is 0 Å². The van der Waals surface area contributed by atoms with E-state index < -0.39 is 0 Å². The van der Waals surface area contributed by atoms with Crippen molar-refractivity contribution in [3.63, 3.8) is 0 Å². The second-order valence-corrected chi connectivity index (χ2v) is 8.27. The highest BCUT2D eigenvalue weighted by Crippen LogP contribution is 2.43. The predicted molar refractivity (Wildman–Crippen MR) is 110 cm³/mol. The van der Waals surface area contributed by atoms with Gasteiger partial charge in [-0.1, -0.05) is 25.4 Å². The minimum Gasteiger partial charge on any atom is -0.335 e. The van der Waals surface area contributed by atoms with Crippen molar-refractivity contribution in [2.75, 3.05) is 16.4 Å². The fraction of sp³-hybridized carbons (Fsp3) is 0.333. The third-order valence-electron chi connectivity index (χ3n) is 3.79. The molecule has 1 aliphatic rings. The first kappa shape index (κ1) is 18.3. The average Bonchev–Trinajstić information content (AvgIpc) is 3.04. The maximum absolute atomic E-state index is 12.2. The number of benzene rings is 1.